The number of carboxylic acid groups (broad SMARTS) is 1. The lowest BCUT2D eigenvalue weighted by Gasteiger charge is -2.40. The third-order valence-corrected chi connectivity index (χ3v) is 13.7. The Kier molecular flexibility index (Phi) is 46.4. The van der Waals surface area contributed by atoms with Gasteiger partial charge >= 0.3 is 23.9 Å². The van der Waals surface area contributed by atoms with Crippen LogP contribution in [0, 0.1) is 0 Å². The summed E-state index contributed by atoms with van der Waals surface area (Å²) < 4.78 is 28.4. The van der Waals surface area contributed by atoms with E-state index < -0.39 is 67.3 Å². The fourth-order valence-corrected chi connectivity index (χ4v) is 9.03. The Balaban J connectivity index is 2.66. The SMILES string of the molecule is CCCC/C=C\CCCCCCCC(=O)OC(COC(=O)CCCCCCC/C=C\C/C=C\CCCCC)COC1OC(C(=O)O)C(O)C(O)C1OC(=O)CCCCCCCCCCCCCCCCCCC. The van der Waals surface area contributed by atoms with Gasteiger partial charge in [-0.15, -0.1) is 0 Å². The molecule has 424 valence electrons. The van der Waals surface area contributed by atoms with Crippen molar-refractivity contribution < 1.29 is 58.2 Å². The quantitative estimate of drug-likeness (QED) is 0.0228. The zero-order valence-electron chi connectivity index (χ0n) is 46.6. The van der Waals surface area contributed by atoms with Crippen LogP contribution in [-0.2, 0) is 42.9 Å². The highest BCUT2D eigenvalue weighted by atomic mass is 16.7. The lowest BCUT2D eigenvalue weighted by molar-refractivity contribution is -0.301. The number of hydrogen-bond donors (Lipinski definition) is 3. The summed E-state index contributed by atoms with van der Waals surface area (Å²) in [5, 5.41) is 31.5. The molecule has 0 aromatic rings. The Morgan fingerprint density at radius 2 is 0.836 bits per heavy atom. The number of aliphatic carboxylic acids is 1. The van der Waals surface area contributed by atoms with E-state index in [4.69, 9.17) is 23.7 Å². The van der Waals surface area contributed by atoms with Crippen LogP contribution in [0.1, 0.15) is 278 Å². The van der Waals surface area contributed by atoms with Crippen LogP contribution >= 0.6 is 0 Å². The highest BCUT2D eigenvalue weighted by Gasteiger charge is 2.50. The molecule has 12 heteroatoms. The monoisotopic (exact) mass is 1030 g/mol. The molecule has 0 bridgehead atoms. The molecular formula is C61H108O12. The molecule has 3 N–H and O–H groups in total. The maximum Gasteiger partial charge on any atom is 0.335 e. The lowest BCUT2D eigenvalue weighted by Crippen LogP contribution is -2.61. The molecule has 0 aromatic carbocycles. The van der Waals surface area contributed by atoms with E-state index in [0.29, 0.717) is 19.3 Å². The van der Waals surface area contributed by atoms with Gasteiger partial charge < -0.3 is 39.0 Å². The second kappa shape index (κ2) is 49.8. The van der Waals surface area contributed by atoms with E-state index in [-0.39, 0.29) is 25.9 Å². The highest BCUT2D eigenvalue weighted by molar-refractivity contribution is 5.74. The van der Waals surface area contributed by atoms with Gasteiger partial charge in [-0.25, -0.2) is 4.79 Å². The predicted octanol–water partition coefficient (Wildman–Crippen LogP) is 15.2. The molecule has 73 heavy (non-hydrogen) atoms. The summed E-state index contributed by atoms with van der Waals surface area (Å²) in [6.45, 7) is 5.93. The van der Waals surface area contributed by atoms with E-state index >= 15 is 0 Å². The summed E-state index contributed by atoms with van der Waals surface area (Å²) in [4.78, 5) is 51.1. The van der Waals surface area contributed by atoms with Crippen LogP contribution in [0.3, 0.4) is 0 Å². The van der Waals surface area contributed by atoms with E-state index in [9.17, 15) is 34.5 Å². The van der Waals surface area contributed by atoms with Crippen molar-refractivity contribution in [1.29, 1.82) is 0 Å². The topological polar surface area (TPSA) is 175 Å². The zero-order chi connectivity index (χ0) is 53.3. The van der Waals surface area contributed by atoms with Crippen LogP contribution in [-0.4, -0.2) is 89.2 Å². The van der Waals surface area contributed by atoms with Gasteiger partial charge in [-0.05, 0) is 70.6 Å². The van der Waals surface area contributed by atoms with Gasteiger partial charge in [0.1, 0.15) is 18.8 Å². The minimum absolute atomic E-state index is 0.0635. The van der Waals surface area contributed by atoms with Gasteiger partial charge in [0.05, 0.1) is 6.61 Å². The van der Waals surface area contributed by atoms with Gasteiger partial charge in [0.15, 0.2) is 24.6 Å². The van der Waals surface area contributed by atoms with Crippen LogP contribution in [0.4, 0.5) is 0 Å². The van der Waals surface area contributed by atoms with Gasteiger partial charge in [-0.2, -0.15) is 0 Å². The van der Waals surface area contributed by atoms with Crippen molar-refractivity contribution in [2.24, 2.45) is 0 Å². The minimum Gasteiger partial charge on any atom is -0.479 e. The molecule has 6 atom stereocenters. The smallest absolute Gasteiger partial charge is 0.335 e. The van der Waals surface area contributed by atoms with Crippen LogP contribution in [0.15, 0.2) is 36.5 Å². The first-order valence-electron chi connectivity index (χ1n) is 30.0. The van der Waals surface area contributed by atoms with E-state index in [1.54, 1.807) is 0 Å². The minimum atomic E-state index is -1.90. The van der Waals surface area contributed by atoms with Gasteiger partial charge in [0, 0.05) is 19.3 Å². The maximum absolute atomic E-state index is 13.1. The average Bonchev–Trinajstić information content (AvgIpc) is 3.37. The van der Waals surface area contributed by atoms with Crippen LogP contribution in [0.25, 0.3) is 0 Å². The normalized spacial score (nSPS) is 18.5. The number of carboxylic acids is 1. The molecule has 1 fully saturated rings. The number of carbonyl (C=O) groups is 4. The Morgan fingerprint density at radius 3 is 1.32 bits per heavy atom. The molecule has 0 aromatic heterocycles. The average molecular weight is 1030 g/mol. The third kappa shape index (κ3) is 39.9. The summed E-state index contributed by atoms with van der Waals surface area (Å²) in [5.74, 6) is -3.13. The van der Waals surface area contributed by atoms with Crippen molar-refractivity contribution >= 4 is 23.9 Å². The first-order chi connectivity index (χ1) is 35.6. The summed E-state index contributed by atoms with van der Waals surface area (Å²) in [5.41, 5.74) is 0. The van der Waals surface area contributed by atoms with Gasteiger partial charge in [0.25, 0.3) is 0 Å². The predicted molar refractivity (Wildman–Crippen MR) is 294 cm³/mol. The van der Waals surface area contributed by atoms with E-state index in [0.717, 1.165) is 103 Å². The number of carbonyl (C=O) groups excluding carboxylic acids is 3. The van der Waals surface area contributed by atoms with E-state index in [1.165, 1.54) is 116 Å². The molecule has 0 radical (unpaired) electrons. The molecule has 0 saturated carbocycles. The van der Waals surface area contributed by atoms with Crippen LogP contribution < -0.4 is 0 Å². The molecule has 6 unspecified atom stereocenters. The van der Waals surface area contributed by atoms with Crippen molar-refractivity contribution in [2.45, 2.75) is 314 Å². The molecule has 1 aliphatic rings. The number of hydrogen-bond acceptors (Lipinski definition) is 11. The first kappa shape index (κ1) is 68.0. The number of esters is 3. The van der Waals surface area contributed by atoms with E-state index in [1.807, 2.05) is 0 Å². The van der Waals surface area contributed by atoms with Crippen molar-refractivity contribution in [3.05, 3.63) is 36.5 Å². The van der Waals surface area contributed by atoms with Crippen molar-refractivity contribution in [3.63, 3.8) is 0 Å². The largest absolute Gasteiger partial charge is 0.479 e. The van der Waals surface area contributed by atoms with Crippen molar-refractivity contribution in [3.8, 4) is 0 Å². The van der Waals surface area contributed by atoms with Gasteiger partial charge in [-0.3, -0.25) is 14.4 Å². The number of allylic oxidation sites excluding steroid dienone is 6. The molecule has 0 amide bonds. The molecule has 0 spiro atoms. The summed E-state index contributed by atoms with van der Waals surface area (Å²) >= 11 is 0. The second-order valence-electron chi connectivity index (χ2n) is 20.6. The molecule has 1 rings (SSSR count). The van der Waals surface area contributed by atoms with Crippen molar-refractivity contribution in [1.82, 2.24) is 0 Å². The standard InChI is InChI=1S/C61H108O12/c1-4-7-10-13-16-19-22-24-26-27-29-31-34-37-40-43-46-49-55(64)72-59-57(66)56(65)58(60(67)68)73-61(59)70-51-52(71-54(63)48-45-42-39-36-32-21-18-15-12-9-6-3)50-69-53(62)47-44-41-38-35-33-30-28-25-23-20-17-14-11-8-5-2/h15,17-18,20,25,28,52,56-59,61,65-66H,4-14,16,19,21-24,26-27,29-51H2,1-3H3,(H,67,68)/b18-15-,20-17-,28-25-. The van der Waals surface area contributed by atoms with Gasteiger partial charge in [0.2, 0.25) is 0 Å². The molecule has 12 nitrogen and oxygen atoms in total. The van der Waals surface area contributed by atoms with Crippen LogP contribution in [0.5, 0.6) is 0 Å². The summed E-state index contributed by atoms with van der Waals surface area (Å²) in [7, 11) is 0. The maximum atomic E-state index is 13.1. The molecular weight excluding hydrogens is 925 g/mol. The molecule has 1 aliphatic heterocycles. The van der Waals surface area contributed by atoms with Crippen LogP contribution in [0.2, 0.25) is 0 Å². The van der Waals surface area contributed by atoms with Crippen molar-refractivity contribution in [2.75, 3.05) is 13.2 Å². The molecule has 1 saturated heterocycles. The van der Waals surface area contributed by atoms with Gasteiger partial charge in [-0.1, -0.05) is 224 Å². The summed E-state index contributed by atoms with van der Waals surface area (Å²) in [6, 6.07) is 0. The fraction of sp³-hybridized carbons (Fsp3) is 0.836. The fourth-order valence-electron chi connectivity index (χ4n) is 9.03. The lowest BCUT2D eigenvalue weighted by atomic mass is 9.98. The number of rotatable bonds is 51. The second-order valence-corrected chi connectivity index (χ2v) is 20.6. The number of aliphatic hydroxyl groups excluding tert-OH is 2. The molecule has 0 aliphatic carbocycles. The number of unbranched alkanes of at least 4 members (excludes halogenated alkanes) is 31. The number of ether oxygens (including phenoxy) is 5. The summed E-state index contributed by atoms with van der Waals surface area (Å²) in [6.07, 6.45) is 45.4. The Labute approximate surface area is 444 Å². The van der Waals surface area contributed by atoms with E-state index in [2.05, 4.69) is 57.2 Å². The third-order valence-electron chi connectivity index (χ3n) is 13.7. The molecule has 1 heterocycles. The Morgan fingerprint density at radius 1 is 0.452 bits per heavy atom. The first-order valence-corrected chi connectivity index (χ1v) is 30.0. The Bertz CT molecular complexity index is 1410. The highest BCUT2D eigenvalue weighted by Crippen LogP contribution is 2.26. The number of aliphatic hydroxyl groups is 2. The Hall–Kier alpha value is -3.06. The zero-order valence-corrected chi connectivity index (χ0v) is 46.6.